The monoisotopic (exact) mass is 626 g/mol. The number of carbonyl (C=O) groups excluding carboxylic acids is 3. The third-order valence-corrected chi connectivity index (χ3v) is 8.77. The van der Waals surface area contributed by atoms with E-state index in [0.717, 1.165) is 48.1 Å². The Morgan fingerprint density at radius 3 is 2.36 bits per heavy atom. The first-order valence-corrected chi connectivity index (χ1v) is 15.7. The van der Waals surface area contributed by atoms with Crippen LogP contribution >= 0.6 is 11.6 Å². The molecule has 1 aromatic heterocycles. The Labute approximate surface area is 268 Å². The molecule has 5 rings (SSSR count). The lowest BCUT2D eigenvalue weighted by molar-refractivity contribution is -0.127. The number of hydrogen-bond acceptors (Lipinski definition) is 5. The van der Waals surface area contributed by atoms with Gasteiger partial charge in [-0.15, -0.1) is 0 Å². The van der Waals surface area contributed by atoms with Crippen LogP contribution < -0.4 is 22.1 Å². The molecule has 1 fully saturated rings. The molecule has 234 valence electrons. The third-order valence-electron chi connectivity index (χ3n) is 8.51. The van der Waals surface area contributed by atoms with E-state index in [1.54, 1.807) is 36.5 Å². The van der Waals surface area contributed by atoms with Gasteiger partial charge >= 0.3 is 0 Å². The van der Waals surface area contributed by atoms with Gasteiger partial charge in [-0.2, -0.15) is 0 Å². The summed E-state index contributed by atoms with van der Waals surface area (Å²) in [6.45, 7) is 1.14. The van der Waals surface area contributed by atoms with E-state index in [1.165, 1.54) is 0 Å². The van der Waals surface area contributed by atoms with Gasteiger partial charge in [-0.05, 0) is 104 Å². The molecule has 45 heavy (non-hydrogen) atoms. The molecule has 1 heterocycles. The lowest BCUT2D eigenvalue weighted by Crippen LogP contribution is -2.37. The summed E-state index contributed by atoms with van der Waals surface area (Å²) in [4.78, 5) is 46.0. The summed E-state index contributed by atoms with van der Waals surface area (Å²) in [6.07, 6.45) is 6.34. The predicted molar refractivity (Wildman–Crippen MR) is 176 cm³/mol. The van der Waals surface area contributed by atoms with Crippen molar-refractivity contribution >= 4 is 29.3 Å². The van der Waals surface area contributed by atoms with E-state index >= 15 is 0 Å². The van der Waals surface area contributed by atoms with Crippen molar-refractivity contribution in [2.75, 3.05) is 13.1 Å². The minimum absolute atomic E-state index is 0.00432. The van der Waals surface area contributed by atoms with E-state index in [4.69, 9.17) is 23.1 Å². The van der Waals surface area contributed by atoms with Gasteiger partial charge in [-0.3, -0.25) is 14.4 Å². The molecule has 0 aliphatic heterocycles. The number of halogens is 1. The number of amides is 3. The van der Waals surface area contributed by atoms with Crippen LogP contribution in [-0.4, -0.2) is 40.8 Å². The molecule has 1 aliphatic carbocycles. The van der Waals surface area contributed by atoms with E-state index in [2.05, 4.69) is 20.6 Å². The van der Waals surface area contributed by atoms with Crippen LogP contribution in [0.4, 0.5) is 0 Å². The first kappa shape index (κ1) is 31.9. The second-order valence-electron chi connectivity index (χ2n) is 11.7. The van der Waals surface area contributed by atoms with Crippen LogP contribution in [0.2, 0.25) is 5.02 Å². The van der Waals surface area contributed by atoms with Gasteiger partial charge in [0.15, 0.2) is 0 Å². The number of nitrogens with two attached hydrogens (primary N) is 2. The van der Waals surface area contributed by atoms with Gasteiger partial charge in [-0.25, -0.2) is 4.98 Å². The summed E-state index contributed by atoms with van der Waals surface area (Å²) in [5.74, 6) is 0.332. The van der Waals surface area contributed by atoms with Crippen LogP contribution in [0.3, 0.4) is 0 Å². The fourth-order valence-electron chi connectivity index (χ4n) is 5.79. The lowest BCUT2D eigenvalue weighted by atomic mass is 9.81. The first-order chi connectivity index (χ1) is 21.8. The zero-order valence-corrected chi connectivity index (χ0v) is 25.9. The predicted octanol–water partition coefficient (Wildman–Crippen LogP) is 4.97. The van der Waals surface area contributed by atoms with Crippen molar-refractivity contribution in [2.24, 2.45) is 23.3 Å². The van der Waals surface area contributed by atoms with Crippen LogP contribution in [0.15, 0.2) is 79.0 Å². The molecular formula is C35H39ClN6O3. The highest BCUT2D eigenvalue weighted by molar-refractivity contribution is 6.30. The number of nitrogens with zero attached hydrogens (tertiary/aromatic N) is 1. The average Bonchev–Trinajstić information content (AvgIpc) is 3.56. The average molecular weight is 627 g/mol. The first-order valence-electron chi connectivity index (χ1n) is 15.4. The van der Waals surface area contributed by atoms with Crippen molar-refractivity contribution in [3.05, 3.63) is 112 Å². The second kappa shape index (κ2) is 15.0. The van der Waals surface area contributed by atoms with E-state index < -0.39 is 11.9 Å². The van der Waals surface area contributed by atoms with Crippen molar-refractivity contribution in [1.29, 1.82) is 0 Å². The van der Waals surface area contributed by atoms with E-state index in [-0.39, 0.29) is 17.7 Å². The maximum atomic E-state index is 13.5. The number of primary amides is 1. The Bertz CT molecular complexity index is 1610. The number of rotatable bonds is 12. The Morgan fingerprint density at radius 1 is 0.933 bits per heavy atom. The van der Waals surface area contributed by atoms with Crippen molar-refractivity contribution in [2.45, 2.75) is 44.6 Å². The topological polar surface area (TPSA) is 156 Å². The fraction of sp³-hybridized carbons (Fsp3) is 0.314. The molecule has 9 nitrogen and oxygen atoms in total. The van der Waals surface area contributed by atoms with Crippen molar-refractivity contribution in [3.8, 4) is 11.3 Å². The van der Waals surface area contributed by atoms with Crippen LogP contribution in [0.5, 0.6) is 0 Å². The smallest absolute Gasteiger partial charge is 0.251 e. The Hall–Kier alpha value is -4.47. The highest BCUT2D eigenvalue weighted by Gasteiger charge is 2.28. The molecule has 1 atom stereocenters. The summed E-state index contributed by atoms with van der Waals surface area (Å²) in [5, 5.41) is 6.91. The Balaban J connectivity index is 1.30. The van der Waals surface area contributed by atoms with Gasteiger partial charge < -0.3 is 27.1 Å². The third kappa shape index (κ3) is 8.59. The molecule has 3 aromatic carbocycles. The van der Waals surface area contributed by atoms with Crippen molar-refractivity contribution < 1.29 is 14.4 Å². The highest BCUT2D eigenvalue weighted by Crippen LogP contribution is 2.30. The SMILES string of the molecule is NCC1CCC(C(=O)NC(Cc2cccc(C(=O)NCCc3ccc(Cl)cc3)c2)c2ncc(-c3ccc(C(N)=O)cc3)[nH]2)CC1. The maximum absolute atomic E-state index is 13.5. The van der Waals surface area contributed by atoms with Crippen LogP contribution in [0.1, 0.15) is 69.4 Å². The molecule has 10 heteroatoms. The zero-order chi connectivity index (χ0) is 31.8. The highest BCUT2D eigenvalue weighted by atomic mass is 35.5. The molecule has 1 saturated carbocycles. The summed E-state index contributed by atoms with van der Waals surface area (Å²) in [5.41, 5.74) is 15.8. The quantitative estimate of drug-likeness (QED) is 0.150. The lowest BCUT2D eigenvalue weighted by Gasteiger charge is -2.28. The molecule has 3 amide bonds. The molecule has 4 aromatic rings. The molecular weight excluding hydrogens is 588 g/mol. The molecule has 0 saturated heterocycles. The van der Waals surface area contributed by atoms with Crippen molar-refractivity contribution in [3.63, 3.8) is 0 Å². The van der Waals surface area contributed by atoms with E-state index in [0.29, 0.717) is 53.8 Å². The number of aromatic nitrogens is 2. The van der Waals surface area contributed by atoms with Gasteiger partial charge in [0.05, 0.1) is 17.9 Å². The van der Waals surface area contributed by atoms with Crippen LogP contribution in [0, 0.1) is 11.8 Å². The van der Waals surface area contributed by atoms with Crippen LogP contribution in [0.25, 0.3) is 11.3 Å². The Kier molecular flexibility index (Phi) is 10.7. The number of benzene rings is 3. The number of aromatic amines is 1. The summed E-state index contributed by atoms with van der Waals surface area (Å²) >= 11 is 5.97. The molecule has 7 N–H and O–H groups in total. The Morgan fingerprint density at radius 2 is 1.67 bits per heavy atom. The number of carbonyl (C=O) groups is 3. The van der Waals surface area contributed by atoms with Crippen molar-refractivity contribution in [1.82, 2.24) is 20.6 Å². The fourth-order valence-corrected chi connectivity index (χ4v) is 5.92. The standard InChI is InChI=1S/C35H39ClN6O3/c36-29-14-6-22(7-15-29)16-17-39-34(44)28-3-1-2-24(18-28)19-30(42-35(45)27-8-4-23(20-37)5-9-27)33-40-21-31(41-33)25-10-12-26(13-11-25)32(38)43/h1-3,6-7,10-15,18,21,23,27,30H,4-5,8-9,16-17,19-20,37H2,(H2,38,43)(H,39,44)(H,40,41)(H,42,45). The van der Waals surface area contributed by atoms with Gasteiger partial charge in [0.25, 0.3) is 5.91 Å². The number of H-pyrrole nitrogens is 1. The molecule has 1 aliphatic rings. The molecule has 0 spiro atoms. The van der Waals surface area contributed by atoms with E-state index in [1.807, 2.05) is 42.5 Å². The van der Waals surface area contributed by atoms with Gasteiger partial charge in [-0.1, -0.05) is 48.0 Å². The van der Waals surface area contributed by atoms with Gasteiger partial charge in [0.1, 0.15) is 5.82 Å². The molecule has 0 bridgehead atoms. The summed E-state index contributed by atoms with van der Waals surface area (Å²) in [6, 6.07) is 21.5. The van der Waals surface area contributed by atoms with Gasteiger partial charge in [0.2, 0.25) is 11.8 Å². The summed E-state index contributed by atoms with van der Waals surface area (Å²) < 4.78 is 0. The molecule has 1 unspecified atom stereocenters. The van der Waals surface area contributed by atoms with E-state index in [9.17, 15) is 14.4 Å². The summed E-state index contributed by atoms with van der Waals surface area (Å²) in [7, 11) is 0. The minimum Gasteiger partial charge on any atom is -0.366 e. The van der Waals surface area contributed by atoms with Crippen LogP contribution in [-0.2, 0) is 17.6 Å². The zero-order valence-electron chi connectivity index (χ0n) is 25.1. The number of imidazole rings is 1. The number of nitrogens with one attached hydrogen (secondary N) is 3. The van der Waals surface area contributed by atoms with Gasteiger partial charge in [0, 0.05) is 28.6 Å². The minimum atomic E-state index is -0.493. The maximum Gasteiger partial charge on any atom is 0.251 e. The number of hydrogen-bond donors (Lipinski definition) is 5. The molecule has 0 radical (unpaired) electrons. The second-order valence-corrected chi connectivity index (χ2v) is 12.1. The largest absolute Gasteiger partial charge is 0.366 e. The normalized spacial score (nSPS) is 16.9.